The summed E-state index contributed by atoms with van der Waals surface area (Å²) in [5, 5.41) is 13.4. The molecule has 0 radical (unpaired) electrons. The smallest absolute Gasteiger partial charge is 0.256 e. The van der Waals surface area contributed by atoms with E-state index in [0.717, 1.165) is 18.6 Å². The lowest BCUT2D eigenvalue weighted by atomic mass is 10.1. The Labute approximate surface area is 274 Å². The predicted octanol–water partition coefficient (Wildman–Crippen LogP) is 3.86. The number of aliphatic hydroxyl groups is 1. The summed E-state index contributed by atoms with van der Waals surface area (Å²) in [6.45, 7) is 6.82. The molecule has 2 aromatic carbocycles. The van der Waals surface area contributed by atoms with Crippen LogP contribution in [0.15, 0.2) is 24.3 Å². The fraction of sp³-hybridized carbons (Fsp3) is 0.576. The molecule has 3 heterocycles. The molecule has 3 aliphatic rings. The number of likely N-dealkylation sites (tertiary alicyclic amines) is 1. The van der Waals surface area contributed by atoms with Crippen LogP contribution in [0.1, 0.15) is 60.2 Å². The van der Waals surface area contributed by atoms with E-state index in [-0.39, 0.29) is 29.3 Å². The first-order valence-corrected chi connectivity index (χ1v) is 17.1. The zero-order valence-corrected chi connectivity index (χ0v) is 27.9. The van der Waals surface area contributed by atoms with E-state index in [2.05, 4.69) is 12.2 Å². The van der Waals surface area contributed by atoms with Crippen molar-refractivity contribution in [2.45, 2.75) is 63.2 Å². The number of hydrogen-bond acceptors (Lipinski definition) is 11. The van der Waals surface area contributed by atoms with Crippen molar-refractivity contribution in [3.63, 3.8) is 0 Å². The summed E-state index contributed by atoms with van der Waals surface area (Å²) >= 11 is 1.72. The number of carbonyl (C=O) groups excluding carboxylic acids is 2. The van der Waals surface area contributed by atoms with Gasteiger partial charge in [0, 0.05) is 50.5 Å². The van der Waals surface area contributed by atoms with Crippen LogP contribution in [0.2, 0.25) is 0 Å². The molecule has 0 spiro atoms. The lowest BCUT2D eigenvalue weighted by Crippen LogP contribution is -2.43. The lowest BCUT2D eigenvalue weighted by molar-refractivity contribution is 0.0461. The van der Waals surface area contributed by atoms with E-state index in [4.69, 9.17) is 29.4 Å². The highest BCUT2D eigenvalue weighted by atomic mass is 32.2. The van der Waals surface area contributed by atoms with Crippen LogP contribution in [0, 0.1) is 0 Å². The number of aliphatic hydroxyl groups excluding tert-OH is 1. The van der Waals surface area contributed by atoms with Gasteiger partial charge in [-0.1, -0.05) is 6.92 Å². The van der Waals surface area contributed by atoms with Gasteiger partial charge < -0.3 is 49.6 Å². The predicted molar refractivity (Wildman–Crippen MR) is 178 cm³/mol. The normalized spacial score (nSPS) is 21.2. The van der Waals surface area contributed by atoms with E-state index >= 15 is 0 Å². The lowest BCUT2D eigenvalue weighted by Gasteiger charge is -2.31. The summed E-state index contributed by atoms with van der Waals surface area (Å²) in [5.74, 6) is 2.46. The van der Waals surface area contributed by atoms with Crippen LogP contribution in [0.25, 0.3) is 0 Å². The number of nitrogens with zero attached hydrogens (tertiary/aromatic N) is 2. The molecule has 3 aliphatic heterocycles. The number of rotatable bonds is 14. The van der Waals surface area contributed by atoms with Gasteiger partial charge in [-0.3, -0.25) is 9.59 Å². The van der Waals surface area contributed by atoms with Gasteiger partial charge in [0.05, 0.1) is 62.4 Å². The third kappa shape index (κ3) is 7.21. The number of benzene rings is 2. The van der Waals surface area contributed by atoms with Gasteiger partial charge in [0.25, 0.3) is 11.8 Å². The molecule has 13 heteroatoms. The molecule has 2 fully saturated rings. The Bertz CT molecular complexity index is 1390. The van der Waals surface area contributed by atoms with Crippen molar-refractivity contribution in [2.24, 2.45) is 0 Å². The van der Waals surface area contributed by atoms with E-state index in [0.29, 0.717) is 97.8 Å². The minimum atomic E-state index is -0.507. The maximum absolute atomic E-state index is 13.7. The monoisotopic (exact) mass is 658 g/mol. The van der Waals surface area contributed by atoms with Gasteiger partial charge in [-0.25, -0.2) is 0 Å². The third-order valence-corrected chi connectivity index (χ3v) is 9.73. The van der Waals surface area contributed by atoms with Crippen LogP contribution in [-0.4, -0.2) is 110 Å². The van der Waals surface area contributed by atoms with Crippen LogP contribution >= 0.6 is 11.8 Å². The number of methoxy groups -OCH3 is 2. The molecule has 46 heavy (non-hydrogen) atoms. The zero-order valence-electron chi connectivity index (χ0n) is 27.1. The highest BCUT2D eigenvalue weighted by Crippen LogP contribution is 2.38. The number of carbonyl (C=O) groups is 2. The summed E-state index contributed by atoms with van der Waals surface area (Å²) in [4.78, 5) is 30.5. The molecule has 1 unspecified atom stereocenters. The van der Waals surface area contributed by atoms with Gasteiger partial charge in [0.15, 0.2) is 23.0 Å². The van der Waals surface area contributed by atoms with Gasteiger partial charge in [0.2, 0.25) is 0 Å². The van der Waals surface area contributed by atoms with Gasteiger partial charge >= 0.3 is 0 Å². The quantitative estimate of drug-likeness (QED) is 0.155. The number of hydrogen-bond donors (Lipinski definition) is 3. The van der Waals surface area contributed by atoms with Crippen LogP contribution in [-0.2, 0) is 4.74 Å². The first kappa shape index (κ1) is 33.8. The van der Waals surface area contributed by atoms with Crippen LogP contribution < -0.4 is 30.0 Å². The molecule has 4 N–H and O–H groups in total. The van der Waals surface area contributed by atoms with Crippen molar-refractivity contribution < 1.29 is 38.4 Å². The second-order valence-corrected chi connectivity index (χ2v) is 12.9. The molecule has 0 aromatic heterocycles. The Morgan fingerprint density at radius 3 is 2.50 bits per heavy atom. The third-order valence-electron chi connectivity index (χ3n) is 8.62. The van der Waals surface area contributed by atoms with Crippen molar-refractivity contribution in [1.82, 2.24) is 9.80 Å². The highest BCUT2D eigenvalue weighted by molar-refractivity contribution is 7.99. The SMILES string of the molecule is CCOC(SCC)[C@@H]1CCCN1C(=O)c1cc(OC)c(OCCCOc2cc3c(cc2OC)C(=O)N2C[C@H](O)C[C@H]2CN3)cc1N. The number of nitrogens with two attached hydrogens (primary N) is 1. The number of nitrogen functional groups attached to an aromatic ring is 1. The maximum atomic E-state index is 13.7. The van der Waals surface area contributed by atoms with E-state index in [1.165, 1.54) is 14.2 Å². The molecule has 2 aromatic rings. The molecular formula is C33H46N4O8S. The first-order valence-electron chi connectivity index (χ1n) is 16.0. The van der Waals surface area contributed by atoms with Gasteiger partial charge in [-0.2, -0.15) is 0 Å². The molecule has 0 bridgehead atoms. The summed E-state index contributed by atoms with van der Waals surface area (Å²) in [6.07, 6.45) is 2.38. The number of nitrogens with one attached hydrogen (secondary N) is 1. The Balaban J connectivity index is 1.19. The summed E-state index contributed by atoms with van der Waals surface area (Å²) in [5.41, 5.74) is 8.20. The van der Waals surface area contributed by atoms with E-state index < -0.39 is 6.10 Å². The second-order valence-electron chi connectivity index (χ2n) is 11.6. The molecule has 0 aliphatic carbocycles. The molecule has 12 nitrogen and oxygen atoms in total. The molecular weight excluding hydrogens is 612 g/mol. The fourth-order valence-electron chi connectivity index (χ4n) is 6.41. The van der Waals surface area contributed by atoms with Crippen molar-refractivity contribution in [3.8, 4) is 23.0 Å². The number of anilines is 2. The van der Waals surface area contributed by atoms with Crippen molar-refractivity contribution in [3.05, 3.63) is 35.4 Å². The Morgan fingerprint density at radius 2 is 1.80 bits per heavy atom. The van der Waals surface area contributed by atoms with Gasteiger partial charge in [-0.05, 0) is 44.1 Å². The van der Waals surface area contributed by atoms with E-state index in [9.17, 15) is 14.7 Å². The van der Waals surface area contributed by atoms with Gasteiger partial charge in [0.1, 0.15) is 5.44 Å². The van der Waals surface area contributed by atoms with Crippen molar-refractivity contribution >= 4 is 35.0 Å². The molecule has 0 saturated carbocycles. The van der Waals surface area contributed by atoms with E-state index in [1.54, 1.807) is 40.9 Å². The number of amides is 2. The number of ether oxygens (including phenoxy) is 5. The van der Waals surface area contributed by atoms with Gasteiger partial charge in [-0.15, -0.1) is 11.8 Å². The molecule has 252 valence electrons. The minimum Gasteiger partial charge on any atom is -0.493 e. The summed E-state index contributed by atoms with van der Waals surface area (Å²) in [6, 6.07) is 6.69. The minimum absolute atomic E-state index is 0.0142. The molecule has 5 rings (SSSR count). The molecule has 2 saturated heterocycles. The molecule has 4 atom stereocenters. The average Bonchev–Trinajstić information content (AvgIpc) is 3.67. The standard InChI is InChI=1S/C33H46N4O8S/c1-5-43-33(46-6-2)26-9-7-10-36(26)31(39)22-14-27(41-3)29(16-24(22)34)44-11-8-12-45-30-17-25-23(15-28(30)42-4)32(40)37-19-21(38)13-20(37)18-35-25/h14-17,20-21,26,33,35,38H,5-13,18-19,34H2,1-4H3/t20-,21+,26-,33?/m0/s1. The maximum Gasteiger partial charge on any atom is 0.256 e. The number of thioether (sulfide) groups is 1. The topological polar surface area (TPSA) is 145 Å². The van der Waals surface area contributed by atoms with Crippen LogP contribution in [0.3, 0.4) is 0 Å². The first-order chi connectivity index (χ1) is 22.3. The second kappa shape index (κ2) is 15.4. The summed E-state index contributed by atoms with van der Waals surface area (Å²) in [7, 11) is 3.07. The van der Waals surface area contributed by atoms with Crippen molar-refractivity contribution in [1.29, 1.82) is 0 Å². The fourth-order valence-corrected chi connectivity index (χ4v) is 7.48. The van der Waals surface area contributed by atoms with E-state index in [1.807, 2.05) is 11.8 Å². The Morgan fingerprint density at radius 1 is 1.09 bits per heavy atom. The number of fused-ring (bicyclic) bond motifs is 2. The van der Waals surface area contributed by atoms with Crippen LogP contribution in [0.4, 0.5) is 11.4 Å². The summed E-state index contributed by atoms with van der Waals surface area (Å²) < 4.78 is 29.2. The highest BCUT2D eigenvalue weighted by Gasteiger charge is 2.39. The average molecular weight is 659 g/mol. The molecule has 2 amide bonds. The van der Waals surface area contributed by atoms with Crippen molar-refractivity contribution in [2.75, 3.05) is 70.5 Å². The zero-order chi connectivity index (χ0) is 32.8. The van der Waals surface area contributed by atoms with Crippen LogP contribution in [0.5, 0.6) is 23.0 Å². The largest absolute Gasteiger partial charge is 0.493 e. The Hall–Kier alpha value is -3.55. The Kier molecular flexibility index (Phi) is 11.3.